The van der Waals surface area contributed by atoms with Crippen LogP contribution in [0.4, 0.5) is 5.82 Å². The maximum absolute atomic E-state index is 11.0. The maximum Gasteiger partial charge on any atom is 0.354 e. The molecule has 1 aliphatic heterocycles. The van der Waals surface area contributed by atoms with E-state index in [0.29, 0.717) is 12.0 Å². The van der Waals surface area contributed by atoms with Crippen LogP contribution >= 0.6 is 0 Å². The van der Waals surface area contributed by atoms with Gasteiger partial charge < -0.3 is 14.6 Å². The van der Waals surface area contributed by atoms with Crippen molar-refractivity contribution in [2.75, 3.05) is 18.0 Å². The van der Waals surface area contributed by atoms with Crippen LogP contribution in [0.3, 0.4) is 0 Å². The van der Waals surface area contributed by atoms with Gasteiger partial charge in [0.1, 0.15) is 5.82 Å². The largest absolute Gasteiger partial charge is 0.477 e. The van der Waals surface area contributed by atoms with E-state index in [-0.39, 0.29) is 5.69 Å². The molecule has 0 amide bonds. The topological polar surface area (TPSA) is 71.2 Å². The summed E-state index contributed by atoms with van der Waals surface area (Å²) >= 11 is 0. The van der Waals surface area contributed by atoms with Crippen LogP contribution in [0.25, 0.3) is 0 Å². The fourth-order valence-electron chi connectivity index (χ4n) is 2.83. The molecular weight excluding hydrogens is 268 g/mol. The number of pyridine rings is 1. The average molecular weight is 286 g/mol. The van der Waals surface area contributed by atoms with Crippen molar-refractivity contribution in [3.8, 4) is 0 Å². The van der Waals surface area contributed by atoms with Gasteiger partial charge in [-0.2, -0.15) is 0 Å². The number of carbonyl (C=O) groups is 1. The summed E-state index contributed by atoms with van der Waals surface area (Å²) in [4.78, 5) is 21.6. The first-order chi connectivity index (χ1) is 10.1. The summed E-state index contributed by atoms with van der Waals surface area (Å²) in [6.45, 7) is 3.94. The highest BCUT2D eigenvalue weighted by Gasteiger charge is 2.28. The lowest BCUT2D eigenvalue weighted by molar-refractivity contribution is 0.0690. The molecule has 6 nitrogen and oxygen atoms in total. The van der Waals surface area contributed by atoms with Gasteiger partial charge in [-0.1, -0.05) is 13.0 Å². The molecule has 1 saturated heterocycles. The summed E-state index contributed by atoms with van der Waals surface area (Å²) in [5.74, 6) is 0.290. The lowest BCUT2D eigenvalue weighted by atomic mass is 9.93. The molecule has 0 radical (unpaired) electrons. The standard InChI is InChI=1S/C15H18N4O2/c1-11-5-7-18(9-13(11)19-8-6-16-10-19)14-4-2-3-12(17-14)15(20)21/h2-4,6,8,10-11,13H,5,7,9H2,1H3,(H,20,21). The summed E-state index contributed by atoms with van der Waals surface area (Å²) < 4.78 is 2.12. The third-order valence-electron chi connectivity index (χ3n) is 4.10. The number of carboxylic acid groups (broad SMARTS) is 1. The third kappa shape index (κ3) is 2.74. The van der Waals surface area contributed by atoms with Crippen LogP contribution < -0.4 is 4.90 Å². The van der Waals surface area contributed by atoms with Crippen molar-refractivity contribution in [2.45, 2.75) is 19.4 Å². The Hall–Kier alpha value is -2.37. The molecule has 0 bridgehead atoms. The van der Waals surface area contributed by atoms with Gasteiger partial charge in [-0.25, -0.2) is 14.8 Å². The van der Waals surface area contributed by atoms with E-state index < -0.39 is 5.97 Å². The minimum Gasteiger partial charge on any atom is -0.477 e. The van der Waals surface area contributed by atoms with E-state index in [1.54, 1.807) is 12.3 Å². The number of imidazole rings is 1. The Bertz CT molecular complexity index is 626. The molecule has 1 fully saturated rings. The van der Waals surface area contributed by atoms with Crippen LogP contribution in [-0.4, -0.2) is 38.7 Å². The van der Waals surface area contributed by atoms with Crippen molar-refractivity contribution in [2.24, 2.45) is 5.92 Å². The van der Waals surface area contributed by atoms with Crippen molar-refractivity contribution in [3.63, 3.8) is 0 Å². The van der Waals surface area contributed by atoms with Gasteiger partial charge in [-0.05, 0) is 24.5 Å². The van der Waals surface area contributed by atoms with E-state index >= 15 is 0 Å². The SMILES string of the molecule is CC1CCN(c2cccc(C(=O)O)n2)CC1n1ccnc1. The smallest absolute Gasteiger partial charge is 0.354 e. The van der Waals surface area contributed by atoms with E-state index in [9.17, 15) is 4.79 Å². The zero-order chi connectivity index (χ0) is 14.8. The van der Waals surface area contributed by atoms with E-state index in [1.165, 1.54) is 6.07 Å². The van der Waals surface area contributed by atoms with E-state index in [4.69, 9.17) is 5.11 Å². The first-order valence-corrected chi connectivity index (χ1v) is 7.08. The van der Waals surface area contributed by atoms with Crippen LogP contribution in [0.2, 0.25) is 0 Å². The predicted octanol–water partition coefficient (Wildman–Crippen LogP) is 2.06. The molecule has 0 aliphatic carbocycles. The quantitative estimate of drug-likeness (QED) is 0.935. The summed E-state index contributed by atoms with van der Waals surface area (Å²) in [5, 5.41) is 9.06. The fourth-order valence-corrected chi connectivity index (χ4v) is 2.83. The van der Waals surface area contributed by atoms with Gasteiger partial charge in [-0.3, -0.25) is 0 Å². The van der Waals surface area contributed by atoms with Crippen LogP contribution in [0.15, 0.2) is 36.9 Å². The lowest BCUT2D eigenvalue weighted by Crippen LogP contribution is -2.41. The molecule has 2 unspecified atom stereocenters. The molecule has 1 aliphatic rings. The number of rotatable bonds is 3. The number of hydrogen-bond donors (Lipinski definition) is 1. The third-order valence-corrected chi connectivity index (χ3v) is 4.10. The maximum atomic E-state index is 11.0. The van der Waals surface area contributed by atoms with Crippen molar-refractivity contribution >= 4 is 11.8 Å². The first kappa shape index (κ1) is 13.6. The molecule has 0 saturated carbocycles. The van der Waals surface area contributed by atoms with Gasteiger partial charge in [0.25, 0.3) is 0 Å². The zero-order valence-electron chi connectivity index (χ0n) is 11.9. The molecule has 2 aromatic rings. The van der Waals surface area contributed by atoms with Gasteiger partial charge in [0.2, 0.25) is 0 Å². The Morgan fingerprint density at radius 2 is 2.29 bits per heavy atom. The van der Waals surface area contributed by atoms with Gasteiger partial charge in [0.15, 0.2) is 5.69 Å². The molecule has 1 N–H and O–H groups in total. The molecule has 6 heteroatoms. The van der Waals surface area contributed by atoms with Gasteiger partial charge in [-0.15, -0.1) is 0 Å². The van der Waals surface area contributed by atoms with E-state index in [0.717, 1.165) is 25.3 Å². The molecule has 0 aromatic carbocycles. The lowest BCUT2D eigenvalue weighted by Gasteiger charge is -2.38. The Balaban J connectivity index is 1.83. The van der Waals surface area contributed by atoms with Crippen LogP contribution in [-0.2, 0) is 0 Å². The summed E-state index contributed by atoms with van der Waals surface area (Å²) in [7, 11) is 0. The summed E-state index contributed by atoms with van der Waals surface area (Å²) in [5.41, 5.74) is 0.0882. The van der Waals surface area contributed by atoms with Crippen molar-refractivity contribution in [1.82, 2.24) is 14.5 Å². The number of nitrogens with zero attached hydrogens (tertiary/aromatic N) is 4. The Morgan fingerprint density at radius 1 is 1.43 bits per heavy atom. The highest BCUT2D eigenvalue weighted by Crippen LogP contribution is 2.29. The first-order valence-electron chi connectivity index (χ1n) is 7.08. The molecule has 110 valence electrons. The number of carboxylic acids is 1. The number of aromatic nitrogens is 3. The normalized spacial score (nSPS) is 22.2. The Morgan fingerprint density at radius 3 is 3.00 bits per heavy atom. The van der Waals surface area contributed by atoms with Crippen LogP contribution in [0, 0.1) is 5.92 Å². The number of hydrogen-bond acceptors (Lipinski definition) is 4. The van der Waals surface area contributed by atoms with Gasteiger partial charge in [0, 0.05) is 25.5 Å². The number of piperidine rings is 1. The number of aromatic carboxylic acids is 1. The molecular formula is C15H18N4O2. The second kappa shape index (κ2) is 5.55. The Kier molecular flexibility index (Phi) is 3.60. The minimum atomic E-state index is -0.992. The highest BCUT2D eigenvalue weighted by molar-refractivity contribution is 5.85. The molecule has 3 heterocycles. The summed E-state index contributed by atoms with van der Waals surface area (Å²) in [6, 6.07) is 5.46. The van der Waals surface area contributed by atoms with Crippen LogP contribution in [0.5, 0.6) is 0 Å². The minimum absolute atomic E-state index is 0.0882. The molecule has 0 spiro atoms. The molecule has 2 atom stereocenters. The summed E-state index contributed by atoms with van der Waals surface area (Å²) in [6.07, 6.45) is 6.65. The molecule has 3 rings (SSSR count). The van der Waals surface area contributed by atoms with Crippen molar-refractivity contribution in [1.29, 1.82) is 0 Å². The van der Waals surface area contributed by atoms with E-state index in [1.807, 2.05) is 18.6 Å². The monoisotopic (exact) mass is 286 g/mol. The second-order valence-corrected chi connectivity index (χ2v) is 5.48. The predicted molar refractivity (Wildman–Crippen MR) is 78.5 cm³/mol. The second-order valence-electron chi connectivity index (χ2n) is 5.48. The zero-order valence-corrected chi connectivity index (χ0v) is 11.9. The van der Waals surface area contributed by atoms with Crippen LogP contribution in [0.1, 0.15) is 29.9 Å². The van der Waals surface area contributed by atoms with Gasteiger partial charge in [0.05, 0.1) is 12.4 Å². The fraction of sp³-hybridized carbons (Fsp3) is 0.400. The van der Waals surface area contributed by atoms with Crippen molar-refractivity contribution < 1.29 is 9.90 Å². The Labute approximate surface area is 123 Å². The van der Waals surface area contributed by atoms with Gasteiger partial charge >= 0.3 is 5.97 Å². The number of anilines is 1. The molecule has 2 aromatic heterocycles. The van der Waals surface area contributed by atoms with Crippen molar-refractivity contribution in [3.05, 3.63) is 42.6 Å². The molecule has 21 heavy (non-hydrogen) atoms. The average Bonchev–Trinajstić information content (AvgIpc) is 3.02. The highest BCUT2D eigenvalue weighted by atomic mass is 16.4. The van der Waals surface area contributed by atoms with E-state index in [2.05, 4.69) is 26.4 Å².